The molecule has 1 amide bonds. The molecular weight excluding hydrogens is 335 g/mol. The van der Waals surface area contributed by atoms with Gasteiger partial charge in [-0.05, 0) is 23.3 Å². The lowest BCUT2D eigenvalue weighted by Gasteiger charge is -2.09. The molecule has 0 heterocycles. The molecule has 0 aliphatic rings. The van der Waals surface area contributed by atoms with Gasteiger partial charge in [0.15, 0.2) is 6.61 Å². The van der Waals surface area contributed by atoms with Gasteiger partial charge in [0.25, 0.3) is 5.91 Å². The van der Waals surface area contributed by atoms with Gasteiger partial charge < -0.3 is 14.8 Å². The van der Waals surface area contributed by atoms with Crippen molar-refractivity contribution in [2.75, 3.05) is 13.2 Å². The summed E-state index contributed by atoms with van der Waals surface area (Å²) in [6.07, 6.45) is -4.33. The largest absolute Gasteiger partial charge is 0.484 e. The van der Waals surface area contributed by atoms with E-state index in [9.17, 15) is 18.0 Å². The Labute approximate surface area is 143 Å². The van der Waals surface area contributed by atoms with Gasteiger partial charge in [-0.3, -0.25) is 4.79 Å². The van der Waals surface area contributed by atoms with E-state index < -0.39 is 12.8 Å². The Kier molecular flexibility index (Phi) is 6.82. The van der Waals surface area contributed by atoms with E-state index in [-0.39, 0.29) is 19.1 Å². The number of carbonyl (C=O) groups is 1. The van der Waals surface area contributed by atoms with Crippen LogP contribution in [0, 0.1) is 0 Å². The molecule has 7 heteroatoms. The fourth-order valence-corrected chi connectivity index (χ4v) is 1.96. The summed E-state index contributed by atoms with van der Waals surface area (Å²) in [6, 6.07) is 15.8. The molecule has 0 fully saturated rings. The van der Waals surface area contributed by atoms with Crippen LogP contribution in [0.2, 0.25) is 0 Å². The van der Waals surface area contributed by atoms with Gasteiger partial charge in [-0.15, -0.1) is 0 Å². The number of nitrogens with one attached hydrogen (secondary N) is 1. The van der Waals surface area contributed by atoms with Crippen LogP contribution < -0.4 is 10.1 Å². The predicted octanol–water partition coefficient (Wildman–Crippen LogP) is 3.46. The number of halogens is 3. The lowest BCUT2D eigenvalue weighted by atomic mass is 10.1. The van der Waals surface area contributed by atoms with Crippen molar-refractivity contribution in [3.63, 3.8) is 0 Å². The molecule has 25 heavy (non-hydrogen) atoms. The average Bonchev–Trinajstić information content (AvgIpc) is 2.59. The Hall–Kier alpha value is -2.54. The molecule has 134 valence electrons. The van der Waals surface area contributed by atoms with Gasteiger partial charge in [-0.25, -0.2) is 0 Å². The van der Waals surface area contributed by atoms with Gasteiger partial charge in [0.1, 0.15) is 12.4 Å². The summed E-state index contributed by atoms with van der Waals surface area (Å²) in [7, 11) is 0. The third-order valence-electron chi connectivity index (χ3n) is 3.16. The van der Waals surface area contributed by atoms with Crippen molar-refractivity contribution in [1.82, 2.24) is 5.32 Å². The SMILES string of the molecule is O=C(COc1ccccc1)NCc1ccc(COCC(F)(F)F)cc1. The highest BCUT2D eigenvalue weighted by atomic mass is 19.4. The van der Waals surface area contributed by atoms with Crippen molar-refractivity contribution in [2.45, 2.75) is 19.3 Å². The molecule has 0 unspecified atom stereocenters. The maximum absolute atomic E-state index is 12.0. The minimum atomic E-state index is -4.33. The second-order valence-electron chi connectivity index (χ2n) is 5.30. The molecule has 2 aromatic rings. The summed E-state index contributed by atoms with van der Waals surface area (Å²) >= 11 is 0. The minimum Gasteiger partial charge on any atom is -0.484 e. The number of rotatable bonds is 8. The molecule has 0 saturated carbocycles. The first-order chi connectivity index (χ1) is 11.9. The van der Waals surface area contributed by atoms with E-state index in [0.29, 0.717) is 17.9 Å². The summed E-state index contributed by atoms with van der Waals surface area (Å²) in [5.74, 6) is 0.349. The van der Waals surface area contributed by atoms with Crippen LogP contribution in [0.5, 0.6) is 5.75 Å². The Morgan fingerprint density at radius 2 is 1.60 bits per heavy atom. The number of benzene rings is 2. The van der Waals surface area contributed by atoms with Crippen LogP contribution in [-0.2, 0) is 22.7 Å². The molecule has 0 radical (unpaired) electrons. The summed E-state index contributed by atoms with van der Waals surface area (Å²) in [5, 5.41) is 2.71. The Morgan fingerprint density at radius 3 is 2.24 bits per heavy atom. The smallest absolute Gasteiger partial charge is 0.411 e. The number of ether oxygens (including phenoxy) is 2. The van der Waals surface area contributed by atoms with Gasteiger partial charge in [-0.1, -0.05) is 42.5 Å². The Morgan fingerprint density at radius 1 is 0.960 bits per heavy atom. The second-order valence-corrected chi connectivity index (χ2v) is 5.30. The molecule has 0 aromatic heterocycles. The fraction of sp³-hybridized carbons (Fsp3) is 0.278. The number of carbonyl (C=O) groups excluding carboxylic acids is 1. The first-order valence-electron chi connectivity index (χ1n) is 7.59. The third kappa shape index (κ3) is 7.71. The summed E-state index contributed by atoms with van der Waals surface area (Å²) in [4.78, 5) is 11.7. The van der Waals surface area contributed by atoms with Crippen LogP contribution in [0.15, 0.2) is 54.6 Å². The topological polar surface area (TPSA) is 47.6 Å². The van der Waals surface area contributed by atoms with E-state index in [1.807, 2.05) is 18.2 Å². The van der Waals surface area contributed by atoms with Gasteiger partial charge in [-0.2, -0.15) is 13.2 Å². The zero-order valence-corrected chi connectivity index (χ0v) is 13.4. The van der Waals surface area contributed by atoms with E-state index in [1.165, 1.54) is 0 Å². The molecule has 2 rings (SSSR count). The monoisotopic (exact) mass is 353 g/mol. The van der Waals surface area contributed by atoms with E-state index in [2.05, 4.69) is 10.1 Å². The van der Waals surface area contributed by atoms with Gasteiger partial charge in [0.2, 0.25) is 0 Å². The number of hydrogen-bond donors (Lipinski definition) is 1. The zero-order chi connectivity index (χ0) is 18.1. The first kappa shape index (κ1) is 18.8. The highest BCUT2D eigenvalue weighted by molar-refractivity contribution is 5.77. The number of para-hydroxylation sites is 1. The second kappa shape index (κ2) is 9.08. The van der Waals surface area contributed by atoms with E-state index in [4.69, 9.17) is 4.74 Å². The normalized spacial score (nSPS) is 11.2. The lowest BCUT2D eigenvalue weighted by Crippen LogP contribution is -2.28. The van der Waals surface area contributed by atoms with Crippen LogP contribution in [0.25, 0.3) is 0 Å². The molecule has 0 saturated heterocycles. The molecule has 0 aliphatic heterocycles. The van der Waals surface area contributed by atoms with E-state index in [1.54, 1.807) is 36.4 Å². The van der Waals surface area contributed by atoms with Crippen molar-refractivity contribution >= 4 is 5.91 Å². The van der Waals surface area contributed by atoms with Crippen molar-refractivity contribution < 1.29 is 27.4 Å². The molecule has 4 nitrogen and oxygen atoms in total. The molecule has 0 aliphatic carbocycles. The molecule has 1 N–H and O–H groups in total. The maximum atomic E-state index is 12.0. The van der Waals surface area contributed by atoms with Crippen LogP contribution in [-0.4, -0.2) is 25.3 Å². The first-order valence-corrected chi connectivity index (χ1v) is 7.59. The number of amides is 1. The van der Waals surface area contributed by atoms with Crippen molar-refractivity contribution in [3.8, 4) is 5.75 Å². The van der Waals surface area contributed by atoms with Crippen LogP contribution >= 0.6 is 0 Å². The summed E-state index contributed by atoms with van der Waals surface area (Å²) in [6.45, 7) is -1.17. The van der Waals surface area contributed by atoms with Gasteiger partial charge in [0.05, 0.1) is 6.61 Å². The van der Waals surface area contributed by atoms with Gasteiger partial charge in [0, 0.05) is 6.54 Å². The Balaban J connectivity index is 1.69. The van der Waals surface area contributed by atoms with Crippen LogP contribution in [0.1, 0.15) is 11.1 Å². The molecule has 2 aromatic carbocycles. The minimum absolute atomic E-state index is 0.0899. The van der Waals surface area contributed by atoms with E-state index in [0.717, 1.165) is 5.56 Å². The summed E-state index contributed by atoms with van der Waals surface area (Å²) in [5.41, 5.74) is 1.46. The standard InChI is InChI=1S/C18H18F3NO3/c19-18(20,21)13-24-11-15-8-6-14(7-9-15)10-22-17(23)12-25-16-4-2-1-3-5-16/h1-9H,10-13H2,(H,22,23). The third-order valence-corrected chi connectivity index (χ3v) is 3.16. The maximum Gasteiger partial charge on any atom is 0.411 e. The van der Waals surface area contributed by atoms with Crippen LogP contribution in [0.4, 0.5) is 13.2 Å². The number of hydrogen-bond acceptors (Lipinski definition) is 3. The fourth-order valence-electron chi connectivity index (χ4n) is 1.96. The van der Waals surface area contributed by atoms with E-state index >= 15 is 0 Å². The lowest BCUT2D eigenvalue weighted by molar-refractivity contribution is -0.176. The highest BCUT2D eigenvalue weighted by Crippen LogP contribution is 2.15. The molecule has 0 bridgehead atoms. The Bertz CT molecular complexity index is 658. The quantitative estimate of drug-likeness (QED) is 0.791. The molecule has 0 spiro atoms. The molecule has 0 atom stereocenters. The number of alkyl halides is 3. The zero-order valence-electron chi connectivity index (χ0n) is 13.4. The highest BCUT2D eigenvalue weighted by Gasteiger charge is 2.27. The average molecular weight is 353 g/mol. The van der Waals surface area contributed by atoms with Crippen molar-refractivity contribution in [2.24, 2.45) is 0 Å². The molecular formula is C18H18F3NO3. The van der Waals surface area contributed by atoms with Crippen molar-refractivity contribution in [1.29, 1.82) is 0 Å². The van der Waals surface area contributed by atoms with Crippen molar-refractivity contribution in [3.05, 3.63) is 65.7 Å². The predicted molar refractivity (Wildman–Crippen MR) is 85.9 cm³/mol. The summed E-state index contributed by atoms with van der Waals surface area (Å²) < 4.78 is 45.9. The van der Waals surface area contributed by atoms with Gasteiger partial charge >= 0.3 is 6.18 Å². The van der Waals surface area contributed by atoms with Crippen LogP contribution in [0.3, 0.4) is 0 Å².